The highest BCUT2D eigenvalue weighted by Crippen LogP contribution is 2.46. The summed E-state index contributed by atoms with van der Waals surface area (Å²) in [5, 5.41) is 3.97. The zero-order valence-electron chi connectivity index (χ0n) is 15.7. The summed E-state index contributed by atoms with van der Waals surface area (Å²) in [6.45, 7) is 4.95. The topological polar surface area (TPSA) is 68.1 Å². The lowest BCUT2D eigenvalue weighted by atomic mass is 9.95. The van der Waals surface area contributed by atoms with E-state index in [-0.39, 0.29) is 11.2 Å². The molecule has 0 spiro atoms. The first-order valence-electron chi connectivity index (χ1n) is 9.58. The lowest BCUT2D eigenvalue weighted by Crippen LogP contribution is -2.25. The molecule has 2 aliphatic rings. The first-order chi connectivity index (χ1) is 13.6. The number of likely N-dealkylation sites (tertiary alicyclic amines) is 1. The molecule has 2 atom stereocenters. The van der Waals surface area contributed by atoms with E-state index in [0.29, 0.717) is 11.4 Å². The number of rotatable bonds is 4. The molecule has 1 fully saturated rings. The number of nitrogens with zero attached hydrogens (tertiary/aromatic N) is 4. The van der Waals surface area contributed by atoms with Crippen molar-refractivity contribution in [2.24, 2.45) is 0 Å². The Bertz CT molecular complexity index is 1120. The number of hydrogen-bond donors (Lipinski definition) is 0. The van der Waals surface area contributed by atoms with Crippen molar-refractivity contribution in [2.75, 3.05) is 13.1 Å². The Morgan fingerprint density at radius 2 is 2.04 bits per heavy atom. The standard InChI is InChI=1S/C21H22N4O2S/c1-2-25-12-15(9-23-25)11-24-13-19-18-8-16(17-4-3-7-22-10-17)5-6-20(18)28(26,27)21(19)14-24/h3-10,12,19,21H,2,11,13-14H2,1H3. The number of sulfone groups is 1. The smallest absolute Gasteiger partial charge is 0.183 e. The number of hydrogen-bond acceptors (Lipinski definition) is 5. The lowest BCUT2D eigenvalue weighted by Gasteiger charge is -2.16. The third-order valence-corrected chi connectivity index (χ3v) is 8.13. The Morgan fingerprint density at radius 3 is 2.79 bits per heavy atom. The van der Waals surface area contributed by atoms with Crippen LogP contribution in [0.25, 0.3) is 11.1 Å². The van der Waals surface area contributed by atoms with Gasteiger partial charge in [-0.15, -0.1) is 0 Å². The molecule has 7 heteroatoms. The first kappa shape index (κ1) is 17.6. The minimum absolute atomic E-state index is 0.0258. The van der Waals surface area contributed by atoms with Crippen LogP contribution in [0.2, 0.25) is 0 Å². The summed E-state index contributed by atoms with van der Waals surface area (Å²) in [4.78, 5) is 6.93. The van der Waals surface area contributed by atoms with Crippen LogP contribution in [0.15, 0.2) is 60.0 Å². The number of fused-ring (bicyclic) bond motifs is 3. The van der Waals surface area contributed by atoms with Crippen molar-refractivity contribution in [3.8, 4) is 11.1 Å². The van der Waals surface area contributed by atoms with E-state index in [1.165, 1.54) is 0 Å². The van der Waals surface area contributed by atoms with Gasteiger partial charge in [0, 0.05) is 56.3 Å². The number of pyridine rings is 1. The Hall–Kier alpha value is -2.51. The summed E-state index contributed by atoms with van der Waals surface area (Å²) >= 11 is 0. The predicted molar refractivity (Wildman–Crippen MR) is 107 cm³/mol. The molecule has 1 aromatic carbocycles. The van der Waals surface area contributed by atoms with Gasteiger partial charge in [-0.05, 0) is 41.8 Å². The quantitative estimate of drug-likeness (QED) is 0.681. The third-order valence-electron chi connectivity index (χ3n) is 5.87. The molecule has 3 aromatic rings. The Balaban J connectivity index is 1.45. The minimum Gasteiger partial charge on any atom is -0.297 e. The van der Waals surface area contributed by atoms with E-state index in [4.69, 9.17) is 0 Å². The van der Waals surface area contributed by atoms with Gasteiger partial charge in [0.25, 0.3) is 0 Å². The highest BCUT2D eigenvalue weighted by molar-refractivity contribution is 7.92. The second-order valence-corrected chi connectivity index (χ2v) is 9.72. The van der Waals surface area contributed by atoms with Crippen molar-refractivity contribution < 1.29 is 8.42 Å². The van der Waals surface area contributed by atoms with E-state index < -0.39 is 9.84 Å². The molecule has 4 heterocycles. The third kappa shape index (κ3) is 2.77. The molecule has 0 aliphatic carbocycles. The molecule has 1 saturated heterocycles. The monoisotopic (exact) mass is 394 g/mol. The van der Waals surface area contributed by atoms with Crippen LogP contribution in [0, 0.1) is 0 Å². The molecule has 2 unspecified atom stereocenters. The van der Waals surface area contributed by atoms with Crippen LogP contribution in [0.4, 0.5) is 0 Å². The first-order valence-corrected chi connectivity index (χ1v) is 11.1. The average molecular weight is 395 g/mol. The molecule has 6 nitrogen and oxygen atoms in total. The zero-order valence-corrected chi connectivity index (χ0v) is 16.5. The van der Waals surface area contributed by atoms with Crippen LogP contribution in [0.3, 0.4) is 0 Å². The van der Waals surface area contributed by atoms with E-state index in [1.54, 1.807) is 12.3 Å². The molecule has 5 rings (SSSR count). The van der Waals surface area contributed by atoms with E-state index >= 15 is 0 Å². The Kier molecular flexibility index (Phi) is 4.10. The fraction of sp³-hybridized carbons (Fsp3) is 0.333. The maximum atomic E-state index is 13.1. The van der Waals surface area contributed by atoms with Gasteiger partial charge in [-0.3, -0.25) is 14.6 Å². The summed E-state index contributed by atoms with van der Waals surface area (Å²) in [7, 11) is -3.28. The summed E-state index contributed by atoms with van der Waals surface area (Å²) in [5.74, 6) is 0.0258. The summed E-state index contributed by atoms with van der Waals surface area (Å²) in [5.41, 5.74) is 4.11. The second-order valence-electron chi connectivity index (χ2n) is 7.58. The van der Waals surface area contributed by atoms with Gasteiger partial charge in [0.2, 0.25) is 0 Å². The van der Waals surface area contributed by atoms with Crippen molar-refractivity contribution in [1.29, 1.82) is 0 Å². The predicted octanol–water partition coefficient (Wildman–Crippen LogP) is 2.72. The molecule has 28 heavy (non-hydrogen) atoms. The molecular formula is C21H22N4O2S. The van der Waals surface area contributed by atoms with E-state index in [2.05, 4.69) is 21.9 Å². The molecule has 0 radical (unpaired) electrons. The fourth-order valence-electron chi connectivity index (χ4n) is 4.49. The van der Waals surface area contributed by atoms with Crippen molar-refractivity contribution in [2.45, 2.75) is 36.1 Å². The van der Waals surface area contributed by atoms with E-state index in [9.17, 15) is 8.42 Å². The highest BCUT2D eigenvalue weighted by Gasteiger charge is 2.50. The van der Waals surface area contributed by atoms with Crippen LogP contribution < -0.4 is 0 Å². The number of aryl methyl sites for hydroxylation is 1. The maximum Gasteiger partial charge on any atom is 0.183 e. The van der Waals surface area contributed by atoms with E-state index in [1.807, 2.05) is 47.5 Å². The van der Waals surface area contributed by atoms with Crippen LogP contribution in [0.1, 0.15) is 24.0 Å². The number of benzene rings is 1. The van der Waals surface area contributed by atoms with Gasteiger partial charge in [-0.25, -0.2) is 8.42 Å². The van der Waals surface area contributed by atoms with Crippen LogP contribution in [0.5, 0.6) is 0 Å². The lowest BCUT2D eigenvalue weighted by molar-refractivity contribution is 0.325. The van der Waals surface area contributed by atoms with Crippen LogP contribution >= 0.6 is 0 Å². The van der Waals surface area contributed by atoms with Crippen molar-refractivity contribution in [3.05, 3.63) is 66.2 Å². The Labute approximate surface area is 164 Å². The fourth-order valence-corrected chi connectivity index (χ4v) is 6.68. The van der Waals surface area contributed by atoms with E-state index in [0.717, 1.165) is 41.9 Å². The van der Waals surface area contributed by atoms with Gasteiger partial charge in [-0.2, -0.15) is 5.10 Å². The van der Waals surface area contributed by atoms with Gasteiger partial charge in [0.1, 0.15) is 0 Å². The molecule has 0 amide bonds. The van der Waals surface area contributed by atoms with Crippen LogP contribution in [-0.4, -0.2) is 46.4 Å². The molecule has 0 bridgehead atoms. The van der Waals surface area contributed by atoms with Gasteiger partial charge in [0.15, 0.2) is 9.84 Å². The Morgan fingerprint density at radius 1 is 1.14 bits per heavy atom. The van der Waals surface area contributed by atoms with Crippen molar-refractivity contribution in [3.63, 3.8) is 0 Å². The van der Waals surface area contributed by atoms with Crippen LogP contribution in [-0.2, 0) is 22.9 Å². The molecule has 2 aliphatic heterocycles. The normalized spacial score (nSPS) is 22.9. The highest BCUT2D eigenvalue weighted by atomic mass is 32.2. The van der Waals surface area contributed by atoms with Gasteiger partial charge < -0.3 is 0 Å². The molecule has 2 aromatic heterocycles. The average Bonchev–Trinajstić information content (AvgIpc) is 3.39. The molecule has 144 valence electrons. The van der Waals surface area contributed by atoms with Crippen molar-refractivity contribution >= 4 is 9.84 Å². The SMILES string of the molecule is CCn1cc(CN2CC3c4cc(-c5cccnc5)ccc4S(=O)(=O)C3C2)cn1. The van der Waals surface area contributed by atoms with Crippen molar-refractivity contribution in [1.82, 2.24) is 19.7 Å². The molecular weight excluding hydrogens is 372 g/mol. The largest absolute Gasteiger partial charge is 0.297 e. The summed E-state index contributed by atoms with van der Waals surface area (Å²) in [6.07, 6.45) is 7.47. The molecule has 0 saturated carbocycles. The minimum atomic E-state index is -3.28. The van der Waals surface area contributed by atoms with Gasteiger partial charge in [-0.1, -0.05) is 12.1 Å². The van der Waals surface area contributed by atoms with Gasteiger partial charge in [0.05, 0.1) is 16.3 Å². The number of aromatic nitrogens is 3. The summed E-state index contributed by atoms with van der Waals surface area (Å²) < 4.78 is 28.1. The molecule has 0 N–H and O–H groups in total. The maximum absolute atomic E-state index is 13.1. The summed E-state index contributed by atoms with van der Waals surface area (Å²) in [6, 6.07) is 9.62. The zero-order chi connectivity index (χ0) is 19.3. The second kappa shape index (κ2) is 6.53. The van der Waals surface area contributed by atoms with Gasteiger partial charge >= 0.3 is 0 Å².